The SMILES string of the molecule is CC(C)c1nc(C(=O)N2CCOC3(CCN(CCc4cccc(CCOCCC(=O)NCCNCCc5ccc(O)c6c5OCC(=O)N6)c4)CC3)C2)cs1.O=S(=O)(O)O. The molecule has 0 unspecified atom stereocenters. The Labute approximate surface area is 349 Å². The van der Waals surface area contributed by atoms with E-state index >= 15 is 0 Å². The van der Waals surface area contributed by atoms with Gasteiger partial charge in [-0.05, 0) is 61.4 Å². The van der Waals surface area contributed by atoms with Crippen molar-refractivity contribution in [2.24, 2.45) is 0 Å². The van der Waals surface area contributed by atoms with E-state index in [0.29, 0.717) is 88.4 Å². The van der Waals surface area contributed by atoms with Crippen LogP contribution in [0.2, 0.25) is 0 Å². The first kappa shape index (κ1) is 45.9. The molecule has 2 aromatic carbocycles. The highest BCUT2D eigenvalue weighted by molar-refractivity contribution is 7.79. The number of rotatable bonds is 17. The second kappa shape index (κ2) is 21.9. The number of likely N-dealkylation sites (tertiary alicyclic amines) is 1. The first-order chi connectivity index (χ1) is 28.2. The second-order valence-electron chi connectivity index (χ2n) is 15.1. The van der Waals surface area contributed by atoms with E-state index in [0.717, 1.165) is 55.9 Å². The van der Waals surface area contributed by atoms with Gasteiger partial charge in [0, 0.05) is 57.0 Å². The number of nitrogens with zero attached hydrogens (tertiary/aromatic N) is 3. The van der Waals surface area contributed by atoms with Gasteiger partial charge in [-0.3, -0.25) is 23.5 Å². The number of carbonyl (C=O) groups is 3. The Kier molecular flexibility index (Phi) is 17.0. The molecule has 17 nitrogen and oxygen atoms in total. The van der Waals surface area contributed by atoms with Gasteiger partial charge in [-0.25, -0.2) is 4.98 Å². The van der Waals surface area contributed by atoms with Gasteiger partial charge in [-0.15, -0.1) is 11.3 Å². The van der Waals surface area contributed by atoms with E-state index in [1.807, 2.05) is 10.3 Å². The highest BCUT2D eigenvalue weighted by atomic mass is 32.3. The van der Waals surface area contributed by atoms with Crippen LogP contribution >= 0.6 is 11.3 Å². The number of piperidine rings is 1. The number of aromatic nitrogens is 1. The minimum Gasteiger partial charge on any atom is -0.506 e. The predicted molar refractivity (Wildman–Crippen MR) is 222 cm³/mol. The van der Waals surface area contributed by atoms with Gasteiger partial charge in [0.2, 0.25) is 5.91 Å². The lowest BCUT2D eigenvalue weighted by atomic mass is 9.89. The molecule has 1 aromatic heterocycles. The van der Waals surface area contributed by atoms with E-state index < -0.39 is 10.4 Å². The Morgan fingerprint density at radius 3 is 2.51 bits per heavy atom. The summed E-state index contributed by atoms with van der Waals surface area (Å²) in [6, 6.07) is 12.0. The number of carbonyl (C=O) groups excluding carboxylic acids is 3. The first-order valence-corrected chi connectivity index (χ1v) is 22.2. The van der Waals surface area contributed by atoms with Crippen LogP contribution in [0.3, 0.4) is 0 Å². The highest BCUT2D eigenvalue weighted by Crippen LogP contribution is 2.39. The van der Waals surface area contributed by atoms with E-state index in [1.54, 1.807) is 23.5 Å². The number of benzene rings is 2. The van der Waals surface area contributed by atoms with Crippen LogP contribution in [0.5, 0.6) is 11.5 Å². The van der Waals surface area contributed by atoms with Gasteiger partial charge < -0.3 is 45.1 Å². The highest BCUT2D eigenvalue weighted by Gasteiger charge is 2.41. The molecular weight excluding hydrogens is 805 g/mol. The van der Waals surface area contributed by atoms with Crippen LogP contribution in [0.15, 0.2) is 41.8 Å². The van der Waals surface area contributed by atoms with Crippen LogP contribution in [0.4, 0.5) is 5.69 Å². The van der Waals surface area contributed by atoms with Crippen molar-refractivity contribution in [1.29, 1.82) is 0 Å². The second-order valence-corrected chi connectivity index (χ2v) is 16.9. The normalized spacial score (nSPS) is 16.5. The minimum absolute atomic E-state index is 0.0161. The average Bonchev–Trinajstić information content (AvgIpc) is 3.70. The standard InChI is InChI=1S/C40H54N6O7S.H2O4S/c1-28(2)38-43-32(26-54-38)39(50)46-20-23-53-40(27-46)12-18-45(19-13-40)17-9-29-4-3-5-30(24-29)10-21-51-22-11-34(48)42-16-15-41-14-8-31-6-7-33(47)36-37(31)52-25-35(49)44-36;1-5(2,3)4/h3-7,24,26,28,41,47H,8-23,25,27H2,1-2H3,(H,42,48)(H,44,49);(H2,1,2,3,4). The van der Waals surface area contributed by atoms with Crippen molar-refractivity contribution in [2.75, 3.05) is 84.1 Å². The van der Waals surface area contributed by atoms with Crippen LogP contribution in [0.25, 0.3) is 0 Å². The number of fused-ring (bicyclic) bond motifs is 1. The fraction of sp³-hybridized carbons (Fsp3) is 0.550. The molecule has 3 aromatic rings. The minimum atomic E-state index is -4.67. The zero-order valence-electron chi connectivity index (χ0n) is 33.6. The van der Waals surface area contributed by atoms with Gasteiger partial charge in [0.05, 0.1) is 37.0 Å². The summed E-state index contributed by atoms with van der Waals surface area (Å²) in [5.41, 5.74) is 4.03. The number of amides is 3. The lowest BCUT2D eigenvalue weighted by molar-refractivity contribution is -0.127. The quantitative estimate of drug-likeness (QED) is 0.0652. The Hall–Kier alpha value is -4.21. The number of morpholine rings is 1. The van der Waals surface area contributed by atoms with Crippen molar-refractivity contribution < 1.29 is 51.2 Å². The molecule has 324 valence electrons. The molecule has 2 fully saturated rings. The number of ether oxygens (including phenoxy) is 3. The van der Waals surface area contributed by atoms with Crippen LogP contribution in [0, 0.1) is 0 Å². The number of phenolic OH excluding ortho intramolecular Hbond substituents is 1. The number of hydrogen-bond donors (Lipinski definition) is 6. The maximum atomic E-state index is 13.2. The Morgan fingerprint density at radius 1 is 1.03 bits per heavy atom. The van der Waals surface area contributed by atoms with E-state index in [4.69, 9.17) is 31.7 Å². The molecular formula is C40H56N6O11S2. The Bertz CT molecular complexity index is 1980. The lowest BCUT2D eigenvalue weighted by Gasteiger charge is -2.47. The van der Waals surface area contributed by atoms with Crippen LogP contribution in [0.1, 0.15) is 71.2 Å². The average molecular weight is 861 g/mol. The van der Waals surface area contributed by atoms with Gasteiger partial charge in [0.15, 0.2) is 12.4 Å². The van der Waals surface area contributed by atoms with E-state index in [1.165, 1.54) is 11.1 Å². The van der Waals surface area contributed by atoms with Crippen LogP contribution in [-0.2, 0) is 48.7 Å². The number of hydrogen-bond acceptors (Lipinski definition) is 13. The number of phenols is 1. The summed E-state index contributed by atoms with van der Waals surface area (Å²) in [6.07, 6.45) is 4.55. The first-order valence-electron chi connectivity index (χ1n) is 19.9. The molecule has 3 aliphatic rings. The summed E-state index contributed by atoms with van der Waals surface area (Å²) in [7, 11) is -4.67. The van der Waals surface area contributed by atoms with Gasteiger partial charge in [0.1, 0.15) is 17.1 Å². The van der Waals surface area contributed by atoms with Crippen molar-refractivity contribution in [3.63, 3.8) is 0 Å². The number of nitrogens with one attached hydrogen (secondary N) is 3. The van der Waals surface area contributed by atoms with E-state index in [-0.39, 0.29) is 35.7 Å². The van der Waals surface area contributed by atoms with Gasteiger partial charge in [-0.1, -0.05) is 44.2 Å². The molecule has 1 spiro atoms. The van der Waals surface area contributed by atoms with Crippen molar-refractivity contribution >= 4 is 45.1 Å². The van der Waals surface area contributed by atoms with Crippen LogP contribution < -0.4 is 20.7 Å². The predicted octanol–water partition coefficient (Wildman–Crippen LogP) is 3.10. The third kappa shape index (κ3) is 14.8. The summed E-state index contributed by atoms with van der Waals surface area (Å²) in [5, 5.41) is 21.8. The summed E-state index contributed by atoms with van der Waals surface area (Å²) in [6.45, 7) is 11.5. The van der Waals surface area contributed by atoms with Gasteiger partial charge in [0.25, 0.3) is 11.8 Å². The number of aromatic hydroxyl groups is 1. The van der Waals surface area contributed by atoms with Crippen LogP contribution in [-0.4, -0.2) is 140 Å². The summed E-state index contributed by atoms with van der Waals surface area (Å²) in [5.74, 6) is 0.497. The summed E-state index contributed by atoms with van der Waals surface area (Å²) >= 11 is 1.56. The Morgan fingerprint density at radius 2 is 1.78 bits per heavy atom. The molecule has 2 saturated heterocycles. The number of thiazole rings is 1. The van der Waals surface area contributed by atoms with Crippen molar-refractivity contribution in [1.82, 2.24) is 25.4 Å². The molecule has 0 bridgehead atoms. The van der Waals surface area contributed by atoms with E-state index in [9.17, 15) is 19.5 Å². The lowest BCUT2D eigenvalue weighted by Crippen LogP contribution is -2.58. The molecule has 19 heteroatoms. The molecule has 0 radical (unpaired) electrons. The van der Waals surface area contributed by atoms with Crippen molar-refractivity contribution in [3.05, 3.63) is 69.2 Å². The maximum Gasteiger partial charge on any atom is 0.394 e. The largest absolute Gasteiger partial charge is 0.506 e. The number of anilines is 1. The monoisotopic (exact) mass is 860 g/mol. The molecule has 0 saturated carbocycles. The Balaban J connectivity index is 0.00000125. The third-order valence-corrected chi connectivity index (χ3v) is 11.4. The summed E-state index contributed by atoms with van der Waals surface area (Å²) in [4.78, 5) is 46.1. The van der Waals surface area contributed by atoms with Gasteiger partial charge >= 0.3 is 10.4 Å². The third-order valence-electron chi connectivity index (χ3n) is 10.3. The zero-order chi connectivity index (χ0) is 42.4. The van der Waals surface area contributed by atoms with Gasteiger partial charge in [-0.2, -0.15) is 8.42 Å². The van der Waals surface area contributed by atoms with Crippen molar-refractivity contribution in [3.8, 4) is 11.5 Å². The molecule has 3 amide bonds. The topological polar surface area (TPSA) is 229 Å². The fourth-order valence-electron chi connectivity index (χ4n) is 7.14. The summed E-state index contributed by atoms with van der Waals surface area (Å²) < 4.78 is 49.2. The molecule has 59 heavy (non-hydrogen) atoms. The maximum absolute atomic E-state index is 13.2. The van der Waals surface area contributed by atoms with Crippen molar-refractivity contribution in [2.45, 2.75) is 63.9 Å². The molecule has 6 N–H and O–H groups in total. The molecule has 3 aliphatic heterocycles. The molecule has 0 aliphatic carbocycles. The molecule has 6 rings (SSSR count). The van der Waals surface area contributed by atoms with E-state index in [2.05, 4.69) is 63.9 Å². The molecule has 0 atom stereocenters. The molecule has 4 heterocycles. The fourth-order valence-corrected chi connectivity index (χ4v) is 7.95. The zero-order valence-corrected chi connectivity index (χ0v) is 35.2. The smallest absolute Gasteiger partial charge is 0.394 e.